The number of aromatic amines is 1. The van der Waals surface area contributed by atoms with Gasteiger partial charge >= 0.3 is 0 Å². The van der Waals surface area contributed by atoms with E-state index in [0.29, 0.717) is 36.0 Å². The molecule has 0 saturated heterocycles. The van der Waals surface area contributed by atoms with Crippen molar-refractivity contribution in [3.63, 3.8) is 0 Å². The zero-order valence-electron chi connectivity index (χ0n) is 16.1. The standard InChI is InChI=1S/C17H23N11/c1-26(7-12-6-21-28(3)9-12)10-13-22-14-15(18)24-17(25-16(14)23-13)19-4-11-5-20-27(2)8-11/h5-6,8-9H,4,7,10H2,1-3H3,(H4,18,19,22,23,24,25). The van der Waals surface area contributed by atoms with Crippen LogP contribution in [-0.2, 0) is 33.7 Å². The summed E-state index contributed by atoms with van der Waals surface area (Å²) in [6.45, 7) is 1.96. The number of hydrogen-bond donors (Lipinski definition) is 3. The summed E-state index contributed by atoms with van der Waals surface area (Å²) in [4.78, 5) is 18.7. The number of imidazole rings is 1. The number of nitrogens with one attached hydrogen (secondary N) is 2. The summed E-state index contributed by atoms with van der Waals surface area (Å²) in [5.74, 6) is 1.59. The summed E-state index contributed by atoms with van der Waals surface area (Å²) in [6.07, 6.45) is 7.58. The molecule has 0 unspecified atom stereocenters. The predicted octanol–water partition coefficient (Wildman–Crippen LogP) is 0.646. The Bertz CT molecular complexity index is 1090. The summed E-state index contributed by atoms with van der Waals surface area (Å²) < 4.78 is 3.54. The van der Waals surface area contributed by atoms with Crippen molar-refractivity contribution >= 4 is 22.9 Å². The van der Waals surface area contributed by atoms with Crippen molar-refractivity contribution in [2.24, 2.45) is 14.1 Å². The lowest BCUT2D eigenvalue weighted by Crippen LogP contribution is -2.17. The number of nitrogen functional groups attached to an aromatic ring is 1. The lowest BCUT2D eigenvalue weighted by atomic mass is 10.3. The Hall–Kier alpha value is -3.47. The molecule has 4 aromatic rings. The minimum atomic E-state index is 0.368. The number of nitrogens with two attached hydrogens (primary N) is 1. The van der Waals surface area contributed by atoms with Crippen LogP contribution in [0.3, 0.4) is 0 Å². The van der Waals surface area contributed by atoms with E-state index in [0.717, 1.165) is 23.5 Å². The third kappa shape index (κ3) is 3.93. The van der Waals surface area contributed by atoms with E-state index in [1.807, 2.05) is 39.7 Å². The van der Waals surface area contributed by atoms with E-state index >= 15 is 0 Å². The maximum absolute atomic E-state index is 6.10. The number of rotatable bonds is 7. The lowest BCUT2D eigenvalue weighted by Gasteiger charge is -2.13. The monoisotopic (exact) mass is 381 g/mol. The molecule has 4 heterocycles. The van der Waals surface area contributed by atoms with E-state index in [4.69, 9.17) is 5.73 Å². The fourth-order valence-corrected chi connectivity index (χ4v) is 3.04. The first-order chi connectivity index (χ1) is 13.5. The number of anilines is 2. The second-order valence-electron chi connectivity index (χ2n) is 6.88. The molecule has 11 nitrogen and oxygen atoms in total. The highest BCUT2D eigenvalue weighted by Gasteiger charge is 2.13. The first-order valence-electron chi connectivity index (χ1n) is 8.86. The van der Waals surface area contributed by atoms with E-state index in [2.05, 4.69) is 40.3 Å². The van der Waals surface area contributed by atoms with Crippen molar-refractivity contribution in [3.05, 3.63) is 41.7 Å². The molecule has 4 N–H and O–H groups in total. The molecule has 0 aromatic carbocycles. The first kappa shape index (κ1) is 17.9. The van der Waals surface area contributed by atoms with Crippen LogP contribution in [0.25, 0.3) is 11.2 Å². The van der Waals surface area contributed by atoms with Gasteiger partial charge in [-0.2, -0.15) is 20.2 Å². The molecule has 28 heavy (non-hydrogen) atoms. The molecule has 0 aliphatic carbocycles. The molecule has 0 saturated carbocycles. The Labute approximate surface area is 161 Å². The summed E-state index contributed by atoms with van der Waals surface area (Å²) in [6, 6.07) is 0. The van der Waals surface area contributed by atoms with Crippen LogP contribution in [0, 0.1) is 0 Å². The van der Waals surface area contributed by atoms with E-state index in [1.165, 1.54) is 0 Å². The fourth-order valence-electron chi connectivity index (χ4n) is 3.04. The smallest absolute Gasteiger partial charge is 0.227 e. The van der Waals surface area contributed by atoms with Crippen molar-refractivity contribution in [2.45, 2.75) is 19.6 Å². The molecule has 0 atom stereocenters. The van der Waals surface area contributed by atoms with Gasteiger partial charge < -0.3 is 16.0 Å². The van der Waals surface area contributed by atoms with Crippen LogP contribution in [0.2, 0.25) is 0 Å². The Morgan fingerprint density at radius 2 is 1.75 bits per heavy atom. The highest BCUT2D eigenvalue weighted by molar-refractivity contribution is 5.82. The number of aromatic nitrogens is 8. The predicted molar refractivity (Wildman–Crippen MR) is 105 cm³/mol. The van der Waals surface area contributed by atoms with Gasteiger partial charge in [0.2, 0.25) is 5.95 Å². The zero-order valence-corrected chi connectivity index (χ0v) is 16.1. The van der Waals surface area contributed by atoms with Gasteiger partial charge in [-0.1, -0.05) is 0 Å². The SMILES string of the molecule is CN(Cc1cnn(C)c1)Cc1nc2nc(NCc3cnn(C)c3)nc(N)c2[nH]1. The summed E-state index contributed by atoms with van der Waals surface area (Å²) in [5.41, 5.74) is 9.47. The van der Waals surface area contributed by atoms with Crippen LogP contribution in [0.15, 0.2) is 24.8 Å². The number of aryl methyl sites for hydroxylation is 2. The molecule has 0 spiro atoms. The summed E-state index contributed by atoms with van der Waals surface area (Å²) in [7, 11) is 5.81. The molecular weight excluding hydrogens is 358 g/mol. The molecule has 11 heteroatoms. The third-order valence-corrected chi connectivity index (χ3v) is 4.27. The second-order valence-corrected chi connectivity index (χ2v) is 6.88. The molecule has 0 bridgehead atoms. The van der Waals surface area contributed by atoms with Gasteiger partial charge in [-0.05, 0) is 7.05 Å². The summed E-state index contributed by atoms with van der Waals surface area (Å²) in [5, 5.41) is 11.5. The normalized spacial score (nSPS) is 11.6. The molecular formula is C17H23N11. The molecule has 4 aromatic heterocycles. The highest BCUT2D eigenvalue weighted by Crippen LogP contribution is 2.18. The van der Waals surface area contributed by atoms with Gasteiger partial charge in [0.25, 0.3) is 0 Å². The Morgan fingerprint density at radius 1 is 1.04 bits per heavy atom. The highest BCUT2D eigenvalue weighted by atomic mass is 15.3. The van der Waals surface area contributed by atoms with Crippen LogP contribution in [0.4, 0.5) is 11.8 Å². The van der Waals surface area contributed by atoms with Crippen molar-refractivity contribution in [1.82, 2.24) is 44.4 Å². The van der Waals surface area contributed by atoms with E-state index in [9.17, 15) is 0 Å². The second kappa shape index (κ2) is 7.27. The van der Waals surface area contributed by atoms with Crippen LogP contribution in [-0.4, -0.2) is 51.4 Å². The van der Waals surface area contributed by atoms with Gasteiger partial charge in [-0.15, -0.1) is 0 Å². The van der Waals surface area contributed by atoms with Gasteiger partial charge in [-0.3, -0.25) is 14.3 Å². The average molecular weight is 381 g/mol. The number of hydrogen-bond acceptors (Lipinski definition) is 8. The van der Waals surface area contributed by atoms with E-state index in [1.54, 1.807) is 15.6 Å². The molecule has 4 rings (SSSR count). The Morgan fingerprint density at radius 3 is 2.43 bits per heavy atom. The molecule has 0 radical (unpaired) electrons. The Kier molecular flexibility index (Phi) is 4.65. The minimum absolute atomic E-state index is 0.368. The van der Waals surface area contributed by atoms with Crippen molar-refractivity contribution in [2.75, 3.05) is 18.1 Å². The number of H-pyrrole nitrogens is 1. The van der Waals surface area contributed by atoms with Crippen LogP contribution < -0.4 is 11.1 Å². The van der Waals surface area contributed by atoms with Gasteiger partial charge in [0.05, 0.1) is 18.9 Å². The third-order valence-electron chi connectivity index (χ3n) is 4.27. The number of fused-ring (bicyclic) bond motifs is 1. The lowest BCUT2D eigenvalue weighted by molar-refractivity contribution is 0.312. The fraction of sp³-hybridized carbons (Fsp3) is 0.353. The van der Waals surface area contributed by atoms with Crippen LogP contribution in [0.1, 0.15) is 17.0 Å². The van der Waals surface area contributed by atoms with Crippen LogP contribution >= 0.6 is 0 Å². The quantitative estimate of drug-likeness (QED) is 0.425. The van der Waals surface area contributed by atoms with Crippen LogP contribution in [0.5, 0.6) is 0 Å². The Balaban J connectivity index is 1.46. The number of nitrogens with zero attached hydrogens (tertiary/aromatic N) is 8. The zero-order chi connectivity index (χ0) is 19.7. The molecule has 0 fully saturated rings. The molecule has 146 valence electrons. The topological polar surface area (TPSA) is 131 Å². The van der Waals surface area contributed by atoms with Crippen molar-refractivity contribution in [1.29, 1.82) is 0 Å². The first-order valence-corrected chi connectivity index (χ1v) is 8.86. The van der Waals surface area contributed by atoms with Crippen molar-refractivity contribution < 1.29 is 0 Å². The maximum atomic E-state index is 6.10. The summed E-state index contributed by atoms with van der Waals surface area (Å²) >= 11 is 0. The van der Waals surface area contributed by atoms with Gasteiger partial charge in [0.15, 0.2) is 11.5 Å². The van der Waals surface area contributed by atoms with E-state index in [-0.39, 0.29) is 0 Å². The van der Waals surface area contributed by atoms with Gasteiger partial charge in [-0.25, -0.2) is 4.98 Å². The molecule has 0 amide bonds. The van der Waals surface area contributed by atoms with Crippen molar-refractivity contribution in [3.8, 4) is 0 Å². The molecule has 0 aliphatic heterocycles. The minimum Gasteiger partial charge on any atom is -0.382 e. The largest absolute Gasteiger partial charge is 0.382 e. The van der Waals surface area contributed by atoms with Gasteiger partial charge in [0.1, 0.15) is 11.3 Å². The van der Waals surface area contributed by atoms with E-state index < -0.39 is 0 Å². The van der Waals surface area contributed by atoms with Gasteiger partial charge in [0, 0.05) is 50.7 Å². The molecule has 0 aliphatic rings. The average Bonchev–Trinajstić information content (AvgIpc) is 3.33. The maximum Gasteiger partial charge on any atom is 0.227 e.